The van der Waals surface area contributed by atoms with Crippen LogP contribution in [0.1, 0.15) is 46.0 Å². The van der Waals surface area contributed by atoms with Crippen molar-refractivity contribution in [3.8, 4) is 0 Å². The van der Waals surface area contributed by atoms with Gasteiger partial charge in [0.15, 0.2) is 0 Å². The van der Waals surface area contributed by atoms with Crippen LogP contribution in [-0.4, -0.2) is 36.3 Å². The Bertz CT molecular complexity index is 397. The Kier molecular flexibility index (Phi) is 4.40. The highest BCUT2D eigenvalue weighted by atomic mass is 16.2. The summed E-state index contributed by atoms with van der Waals surface area (Å²) in [6, 6.07) is 0. The van der Waals surface area contributed by atoms with Crippen LogP contribution < -0.4 is 5.32 Å². The molecule has 0 aromatic heterocycles. The molecule has 0 atom stereocenters. The molecule has 0 unspecified atom stereocenters. The molecular weight excluding hydrogens is 240 g/mol. The number of carbonyl (C=O) groups excluding carboxylic acids is 2. The van der Waals surface area contributed by atoms with Gasteiger partial charge in [-0.3, -0.25) is 14.5 Å². The first kappa shape index (κ1) is 14.3. The number of likely N-dealkylation sites (tertiary alicyclic amines) is 1. The monoisotopic (exact) mass is 264 g/mol. The van der Waals surface area contributed by atoms with Gasteiger partial charge in [-0.2, -0.15) is 0 Å². The number of amides is 2. The fraction of sp³-hybridized carbons (Fsp3) is 0.733. The van der Waals surface area contributed by atoms with Crippen molar-refractivity contribution in [2.45, 2.75) is 46.0 Å². The van der Waals surface area contributed by atoms with Gasteiger partial charge in [-0.05, 0) is 32.2 Å². The van der Waals surface area contributed by atoms with Crippen molar-refractivity contribution in [3.05, 3.63) is 11.6 Å². The molecule has 1 fully saturated rings. The largest absolute Gasteiger partial charge is 0.313 e. The first-order valence-electron chi connectivity index (χ1n) is 7.36. The van der Waals surface area contributed by atoms with E-state index in [1.54, 1.807) is 0 Å². The van der Waals surface area contributed by atoms with Gasteiger partial charge in [-0.25, -0.2) is 0 Å². The number of hydrogen-bond acceptors (Lipinski definition) is 3. The minimum absolute atomic E-state index is 0.0169. The second kappa shape index (κ2) is 5.87. The topological polar surface area (TPSA) is 49.4 Å². The van der Waals surface area contributed by atoms with Gasteiger partial charge in [-0.15, -0.1) is 0 Å². The summed E-state index contributed by atoms with van der Waals surface area (Å²) in [5, 5.41) is 3.27. The average molecular weight is 264 g/mol. The Morgan fingerprint density at radius 3 is 2.58 bits per heavy atom. The summed E-state index contributed by atoms with van der Waals surface area (Å²) in [5.74, 6) is 0.0697. The zero-order valence-corrected chi connectivity index (χ0v) is 12.0. The van der Waals surface area contributed by atoms with Crippen LogP contribution in [0.25, 0.3) is 0 Å². The lowest BCUT2D eigenvalue weighted by Crippen LogP contribution is -2.36. The molecule has 2 aliphatic heterocycles. The zero-order valence-electron chi connectivity index (χ0n) is 12.0. The van der Waals surface area contributed by atoms with E-state index in [0.29, 0.717) is 13.0 Å². The summed E-state index contributed by atoms with van der Waals surface area (Å²) in [7, 11) is 0. The Morgan fingerprint density at radius 1 is 1.32 bits per heavy atom. The Hall–Kier alpha value is -1.16. The third-order valence-electron chi connectivity index (χ3n) is 4.66. The van der Waals surface area contributed by atoms with E-state index in [1.165, 1.54) is 10.5 Å². The Labute approximate surface area is 115 Å². The van der Waals surface area contributed by atoms with Crippen LogP contribution in [0.15, 0.2) is 11.6 Å². The highest BCUT2D eigenvalue weighted by Gasteiger charge is 2.48. The minimum Gasteiger partial charge on any atom is -0.313 e. The van der Waals surface area contributed by atoms with E-state index < -0.39 is 5.41 Å². The molecule has 0 bridgehead atoms. The summed E-state index contributed by atoms with van der Waals surface area (Å²) in [4.78, 5) is 26.0. The molecule has 2 heterocycles. The van der Waals surface area contributed by atoms with Gasteiger partial charge in [0.1, 0.15) is 0 Å². The molecule has 2 amide bonds. The van der Waals surface area contributed by atoms with Gasteiger partial charge in [0.25, 0.3) is 0 Å². The van der Waals surface area contributed by atoms with E-state index >= 15 is 0 Å². The number of rotatable bonds is 5. The molecular formula is C15H24N2O2. The molecule has 106 valence electrons. The van der Waals surface area contributed by atoms with Crippen LogP contribution in [0.5, 0.6) is 0 Å². The smallest absolute Gasteiger partial charge is 0.235 e. The number of nitrogens with zero attached hydrogens (tertiary/aromatic N) is 1. The summed E-state index contributed by atoms with van der Waals surface area (Å²) in [5.41, 5.74) is 0.949. The van der Waals surface area contributed by atoms with Crippen molar-refractivity contribution >= 4 is 11.8 Å². The fourth-order valence-corrected chi connectivity index (χ4v) is 3.04. The lowest BCUT2D eigenvalue weighted by atomic mass is 9.81. The number of carbonyl (C=O) groups is 2. The van der Waals surface area contributed by atoms with Crippen molar-refractivity contribution in [1.82, 2.24) is 10.2 Å². The van der Waals surface area contributed by atoms with Crippen LogP contribution in [0.2, 0.25) is 0 Å². The molecule has 0 saturated carbocycles. The van der Waals surface area contributed by atoms with Crippen molar-refractivity contribution in [2.75, 3.05) is 19.6 Å². The molecule has 0 aromatic carbocycles. The van der Waals surface area contributed by atoms with Gasteiger partial charge in [0, 0.05) is 19.5 Å². The highest BCUT2D eigenvalue weighted by molar-refractivity contribution is 6.05. The standard InChI is InChI=1S/C15H24N2O2/c1-3-15(4-2)11-13(18)17(14(15)19)10-7-12-5-8-16-9-6-12/h5,16H,3-4,6-11H2,1-2H3. The Morgan fingerprint density at radius 2 is 2.05 bits per heavy atom. The third-order valence-corrected chi connectivity index (χ3v) is 4.66. The maximum atomic E-state index is 12.4. The molecule has 2 rings (SSSR count). The maximum Gasteiger partial charge on any atom is 0.235 e. The van der Waals surface area contributed by atoms with E-state index in [9.17, 15) is 9.59 Å². The predicted molar refractivity (Wildman–Crippen MR) is 74.5 cm³/mol. The normalized spacial score (nSPS) is 22.8. The average Bonchev–Trinajstić information content (AvgIpc) is 2.69. The zero-order chi connectivity index (χ0) is 13.9. The second-order valence-electron chi connectivity index (χ2n) is 5.58. The lowest BCUT2D eigenvalue weighted by molar-refractivity contribution is -0.141. The third kappa shape index (κ3) is 2.73. The quantitative estimate of drug-likeness (QED) is 0.609. The summed E-state index contributed by atoms with van der Waals surface area (Å²) in [6.45, 7) is 6.49. The fourth-order valence-electron chi connectivity index (χ4n) is 3.04. The number of hydrogen-bond donors (Lipinski definition) is 1. The first-order chi connectivity index (χ1) is 9.13. The van der Waals surface area contributed by atoms with E-state index in [1.807, 2.05) is 13.8 Å². The molecule has 1 N–H and O–H groups in total. The maximum absolute atomic E-state index is 12.4. The van der Waals surface area contributed by atoms with Crippen molar-refractivity contribution < 1.29 is 9.59 Å². The lowest BCUT2D eigenvalue weighted by Gasteiger charge is -2.24. The summed E-state index contributed by atoms with van der Waals surface area (Å²) >= 11 is 0. The molecule has 0 aliphatic carbocycles. The van der Waals surface area contributed by atoms with Crippen LogP contribution in [0.4, 0.5) is 0 Å². The van der Waals surface area contributed by atoms with E-state index in [2.05, 4.69) is 11.4 Å². The first-order valence-corrected chi connectivity index (χ1v) is 7.36. The molecule has 0 spiro atoms. The summed E-state index contributed by atoms with van der Waals surface area (Å²) in [6.07, 6.45) is 5.97. The number of nitrogens with one attached hydrogen (secondary N) is 1. The van der Waals surface area contributed by atoms with Gasteiger partial charge < -0.3 is 5.32 Å². The van der Waals surface area contributed by atoms with Crippen LogP contribution >= 0.6 is 0 Å². The molecule has 4 nitrogen and oxygen atoms in total. The van der Waals surface area contributed by atoms with Gasteiger partial charge in [0.05, 0.1) is 5.41 Å². The van der Waals surface area contributed by atoms with E-state index in [4.69, 9.17) is 0 Å². The molecule has 0 aromatic rings. The van der Waals surface area contributed by atoms with Crippen LogP contribution in [-0.2, 0) is 9.59 Å². The predicted octanol–water partition coefficient (Wildman–Crippen LogP) is 1.86. The van der Waals surface area contributed by atoms with Crippen LogP contribution in [0.3, 0.4) is 0 Å². The van der Waals surface area contributed by atoms with Gasteiger partial charge >= 0.3 is 0 Å². The highest BCUT2D eigenvalue weighted by Crippen LogP contribution is 2.39. The van der Waals surface area contributed by atoms with Crippen molar-refractivity contribution in [3.63, 3.8) is 0 Å². The van der Waals surface area contributed by atoms with Crippen molar-refractivity contribution in [2.24, 2.45) is 5.41 Å². The van der Waals surface area contributed by atoms with Crippen LogP contribution in [0, 0.1) is 5.41 Å². The SMILES string of the molecule is CCC1(CC)CC(=O)N(CCC2=CCNCC2)C1=O. The molecule has 19 heavy (non-hydrogen) atoms. The van der Waals surface area contributed by atoms with Crippen molar-refractivity contribution in [1.29, 1.82) is 0 Å². The molecule has 1 saturated heterocycles. The molecule has 4 heteroatoms. The molecule has 2 aliphatic rings. The van der Waals surface area contributed by atoms with Gasteiger partial charge in [-0.1, -0.05) is 25.5 Å². The van der Waals surface area contributed by atoms with E-state index in [0.717, 1.165) is 38.8 Å². The second-order valence-corrected chi connectivity index (χ2v) is 5.58. The van der Waals surface area contributed by atoms with E-state index in [-0.39, 0.29) is 11.8 Å². The summed E-state index contributed by atoms with van der Waals surface area (Å²) < 4.78 is 0. The van der Waals surface area contributed by atoms with Gasteiger partial charge in [0.2, 0.25) is 11.8 Å². The Balaban J connectivity index is 1.99. The minimum atomic E-state index is -0.417. The molecule has 0 radical (unpaired) electrons. The number of imide groups is 1.